The third kappa shape index (κ3) is 8.93. The third-order valence-electron chi connectivity index (χ3n) is 5.97. The Morgan fingerprint density at radius 2 is 1.40 bits per heavy atom. The molecular weight excluding hydrogens is 609 g/mol. The third-order valence-corrected chi connectivity index (χ3v) is 7.66. The Bertz CT molecular complexity index is 1560. The van der Waals surface area contributed by atoms with Crippen LogP contribution < -0.4 is 10.2 Å². The molecule has 14 heteroatoms. The number of rotatable bonds is 5. The van der Waals surface area contributed by atoms with Gasteiger partial charge in [0.05, 0.1) is 10.6 Å². The van der Waals surface area contributed by atoms with E-state index >= 15 is 4.39 Å². The van der Waals surface area contributed by atoms with E-state index < -0.39 is 67.8 Å². The Hall–Kier alpha value is -4.20. The molecule has 0 radical (unpaired) electrons. The molecule has 1 N–H and O–H groups in total. The van der Waals surface area contributed by atoms with E-state index in [9.17, 15) is 27.6 Å². The zero-order valence-corrected chi connectivity index (χ0v) is 27.7. The van der Waals surface area contributed by atoms with Crippen LogP contribution in [0.3, 0.4) is 0 Å². The van der Waals surface area contributed by atoms with E-state index in [1.165, 1.54) is 76.8 Å². The van der Waals surface area contributed by atoms with Crippen molar-refractivity contribution in [2.24, 2.45) is 0 Å². The van der Waals surface area contributed by atoms with Gasteiger partial charge in [-0.2, -0.15) is 0 Å². The zero-order chi connectivity index (χ0) is 34.1. The maximum atomic E-state index is 15.6. The smallest absolute Gasteiger partial charge is 0.434 e. The van der Waals surface area contributed by atoms with E-state index in [2.05, 4.69) is 5.32 Å². The molecule has 12 nitrogen and oxygen atoms in total. The number of alkyl carbamates (subject to hydrolysis) is 1. The maximum Gasteiger partial charge on any atom is 0.434 e. The van der Waals surface area contributed by atoms with Crippen molar-refractivity contribution < 1.29 is 46.2 Å². The zero-order valence-electron chi connectivity index (χ0n) is 26.9. The van der Waals surface area contributed by atoms with Crippen LogP contribution in [0.2, 0.25) is 0 Å². The van der Waals surface area contributed by atoms with Crippen molar-refractivity contribution in [2.75, 3.05) is 11.4 Å². The average molecular weight is 650 g/mol. The van der Waals surface area contributed by atoms with Crippen LogP contribution in [-0.4, -0.2) is 66.3 Å². The summed E-state index contributed by atoms with van der Waals surface area (Å²) >= 11 is 0. The number of ether oxygens (including phenoxy) is 3. The molecule has 45 heavy (non-hydrogen) atoms. The summed E-state index contributed by atoms with van der Waals surface area (Å²) in [5, 5.41) is 2.50. The van der Waals surface area contributed by atoms with Crippen LogP contribution in [-0.2, 0) is 29.0 Å². The van der Waals surface area contributed by atoms with Gasteiger partial charge in [-0.3, -0.25) is 4.79 Å². The van der Waals surface area contributed by atoms with Crippen LogP contribution in [0.25, 0.3) is 11.1 Å². The minimum absolute atomic E-state index is 0.0303. The summed E-state index contributed by atoms with van der Waals surface area (Å²) in [6, 6.07) is 8.25. The Labute approximate surface area is 262 Å². The number of anilines is 1. The van der Waals surface area contributed by atoms with Crippen LogP contribution in [0.1, 0.15) is 68.7 Å². The number of hydrogen-bond donors (Lipinski definition) is 1. The first-order valence-electron chi connectivity index (χ1n) is 14.2. The Morgan fingerprint density at radius 3 is 1.91 bits per heavy atom. The topological polar surface area (TPSA) is 149 Å². The number of carbonyl (C=O) groups excluding carboxylic acids is 4. The van der Waals surface area contributed by atoms with E-state index in [0.717, 1.165) is 12.1 Å². The minimum Gasteiger partial charge on any atom is -0.444 e. The number of nitrogens with zero attached hydrogens (tertiary/aromatic N) is 2. The van der Waals surface area contributed by atoms with Crippen molar-refractivity contribution in [2.45, 2.75) is 96.5 Å². The average Bonchev–Trinajstić information content (AvgIpc) is 3.19. The second kappa shape index (κ2) is 12.7. The fourth-order valence-electron chi connectivity index (χ4n) is 4.30. The van der Waals surface area contributed by atoms with Crippen molar-refractivity contribution in [1.82, 2.24) is 9.62 Å². The van der Waals surface area contributed by atoms with E-state index in [0.29, 0.717) is 0 Å². The molecule has 0 unspecified atom stereocenters. The predicted molar refractivity (Wildman–Crippen MR) is 163 cm³/mol. The molecule has 1 fully saturated rings. The molecule has 0 aliphatic carbocycles. The first-order valence-corrected chi connectivity index (χ1v) is 15.7. The lowest BCUT2D eigenvalue weighted by atomic mass is 10.0. The quantitative estimate of drug-likeness (QED) is 0.386. The van der Waals surface area contributed by atoms with Gasteiger partial charge in [0.25, 0.3) is 10.0 Å². The molecule has 1 heterocycles. The van der Waals surface area contributed by atoms with Crippen LogP contribution >= 0.6 is 0 Å². The molecule has 2 aromatic rings. The molecule has 1 saturated heterocycles. The fourth-order valence-corrected chi connectivity index (χ4v) is 5.68. The molecular formula is C31H40FN3O9S. The van der Waals surface area contributed by atoms with Crippen molar-refractivity contribution in [3.05, 3.63) is 48.3 Å². The van der Waals surface area contributed by atoms with Crippen molar-refractivity contribution in [3.8, 4) is 11.1 Å². The first kappa shape index (κ1) is 35.3. The lowest BCUT2D eigenvalue weighted by molar-refractivity contribution is -0.118. The largest absolute Gasteiger partial charge is 0.444 e. The summed E-state index contributed by atoms with van der Waals surface area (Å²) in [5.41, 5.74) is -3.11. The maximum absolute atomic E-state index is 15.6. The molecule has 0 bridgehead atoms. The summed E-state index contributed by atoms with van der Waals surface area (Å²) in [7, 11) is -4.96. The summed E-state index contributed by atoms with van der Waals surface area (Å²) in [5.74, 6) is -1.39. The summed E-state index contributed by atoms with van der Waals surface area (Å²) in [4.78, 5) is 52.0. The number of nitrogens with one attached hydrogen (secondary N) is 1. The highest BCUT2D eigenvalue weighted by Gasteiger charge is 2.42. The van der Waals surface area contributed by atoms with Gasteiger partial charge in [0.15, 0.2) is 0 Å². The molecule has 0 saturated carbocycles. The predicted octanol–water partition coefficient (Wildman–Crippen LogP) is 5.98. The number of halogens is 1. The Morgan fingerprint density at radius 1 is 0.867 bits per heavy atom. The second-order valence-corrected chi connectivity index (χ2v) is 15.1. The number of benzene rings is 2. The standard InChI is InChI=1S/C31H40FN3O9S/c1-29(2,3)42-26(37)33-22-16-17-34(25(22)36)23-15-14-19(18-21(23)32)20-12-10-11-13-24(20)45(40,41)35(27(38)43-30(4,5)6)28(39)44-31(7,8)9/h10-15,18,22H,16-17H2,1-9H3,(H,33,37)/t22-/m0/s1. The Balaban J connectivity index is 1.98. The van der Waals surface area contributed by atoms with Crippen molar-refractivity contribution >= 4 is 39.9 Å². The van der Waals surface area contributed by atoms with Gasteiger partial charge in [0.1, 0.15) is 28.7 Å². The number of sulfonamides is 1. The molecule has 1 aliphatic rings. The Kier molecular flexibility index (Phi) is 9.92. The van der Waals surface area contributed by atoms with Crippen LogP contribution in [0.4, 0.5) is 24.5 Å². The van der Waals surface area contributed by atoms with Crippen LogP contribution in [0, 0.1) is 5.82 Å². The molecule has 1 aliphatic heterocycles. The van der Waals surface area contributed by atoms with E-state index in [4.69, 9.17) is 14.2 Å². The molecule has 4 amide bonds. The van der Waals surface area contributed by atoms with Crippen LogP contribution in [0.5, 0.6) is 0 Å². The monoisotopic (exact) mass is 649 g/mol. The highest BCUT2D eigenvalue weighted by Crippen LogP contribution is 2.34. The fraction of sp³-hybridized carbons (Fsp3) is 0.484. The molecule has 1 atom stereocenters. The number of carbonyl (C=O) groups is 4. The summed E-state index contributed by atoms with van der Waals surface area (Å²) in [6.07, 6.45) is -3.51. The molecule has 246 valence electrons. The van der Waals surface area contributed by atoms with Gasteiger partial charge < -0.3 is 24.4 Å². The van der Waals surface area contributed by atoms with Gasteiger partial charge >= 0.3 is 18.3 Å². The second-order valence-electron chi connectivity index (χ2n) is 13.4. The van der Waals surface area contributed by atoms with E-state index in [1.807, 2.05) is 0 Å². The molecule has 2 aromatic carbocycles. The van der Waals surface area contributed by atoms with E-state index in [1.54, 1.807) is 20.8 Å². The normalized spacial score (nSPS) is 15.8. The van der Waals surface area contributed by atoms with Gasteiger partial charge in [-0.25, -0.2) is 27.2 Å². The van der Waals surface area contributed by atoms with Crippen molar-refractivity contribution in [1.29, 1.82) is 0 Å². The van der Waals surface area contributed by atoms with Gasteiger partial charge in [-0.1, -0.05) is 28.6 Å². The minimum atomic E-state index is -4.96. The number of hydrogen-bond acceptors (Lipinski definition) is 9. The molecule has 0 spiro atoms. The highest BCUT2D eigenvalue weighted by atomic mass is 32.2. The van der Waals surface area contributed by atoms with Gasteiger partial charge in [-0.05, 0) is 92.5 Å². The molecule has 0 aromatic heterocycles. The molecule has 3 rings (SSSR count). The van der Waals surface area contributed by atoms with Gasteiger partial charge in [0.2, 0.25) is 5.91 Å². The number of amides is 4. The number of imide groups is 1. The van der Waals surface area contributed by atoms with Gasteiger partial charge in [0, 0.05) is 12.1 Å². The van der Waals surface area contributed by atoms with Crippen molar-refractivity contribution in [3.63, 3.8) is 0 Å². The SMILES string of the molecule is CC(C)(C)OC(=O)N[C@H]1CCN(c2ccc(-c3ccccc3S(=O)(=O)N(C(=O)OC(C)(C)C)C(=O)OC(C)(C)C)cc2F)C1=O. The lowest BCUT2D eigenvalue weighted by Crippen LogP contribution is -2.46. The summed E-state index contributed by atoms with van der Waals surface area (Å²) in [6.45, 7) is 14.2. The van der Waals surface area contributed by atoms with Crippen LogP contribution in [0.15, 0.2) is 47.4 Å². The van der Waals surface area contributed by atoms with E-state index in [-0.39, 0.29) is 34.1 Å². The highest BCUT2D eigenvalue weighted by molar-refractivity contribution is 7.90. The first-order chi connectivity index (χ1) is 20.5. The summed E-state index contributed by atoms with van der Waals surface area (Å²) < 4.78 is 59.0. The lowest BCUT2D eigenvalue weighted by Gasteiger charge is -2.28. The van der Waals surface area contributed by atoms with Gasteiger partial charge in [-0.15, -0.1) is 0 Å².